The second kappa shape index (κ2) is 8.04. The molecule has 0 saturated carbocycles. The first-order chi connectivity index (χ1) is 9.06. The average molecular weight is 330 g/mol. The van der Waals surface area contributed by atoms with Gasteiger partial charge in [0, 0.05) is 18.3 Å². The molecule has 0 saturated heterocycles. The fraction of sp³-hybridized carbons (Fsp3) is 0.500. The van der Waals surface area contributed by atoms with Crippen LogP contribution in [0.4, 0.5) is 5.69 Å². The standard InChI is InChI=1S/C14H20BrNO3/c1-4-10(2)19-12-7-5-6-11(8-12)16-9-13(15)14(17)18-3/h5-8,10,13,16H,4,9H2,1-3H3. The average Bonchev–Trinajstić information content (AvgIpc) is 2.44. The summed E-state index contributed by atoms with van der Waals surface area (Å²) in [5.41, 5.74) is 0.911. The van der Waals surface area contributed by atoms with Crippen LogP contribution in [0.2, 0.25) is 0 Å². The Morgan fingerprint density at radius 3 is 2.84 bits per heavy atom. The van der Waals surface area contributed by atoms with E-state index in [1.807, 2.05) is 31.2 Å². The van der Waals surface area contributed by atoms with Gasteiger partial charge in [0.15, 0.2) is 0 Å². The fourth-order valence-electron chi connectivity index (χ4n) is 1.41. The SMILES string of the molecule is CCC(C)Oc1cccc(NCC(Br)C(=O)OC)c1. The maximum atomic E-state index is 11.3. The Morgan fingerprint density at radius 1 is 1.47 bits per heavy atom. The fourth-order valence-corrected chi connectivity index (χ4v) is 1.76. The van der Waals surface area contributed by atoms with Crippen molar-refractivity contribution >= 4 is 27.6 Å². The van der Waals surface area contributed by atoms with Crippen LogP contribution in [0.25, 0.3) is 0 Å². The molecular weight excluding hydrogens is 310 g/mol. The number of nitrogens with one attached hydrogen (secondary N) is 1. The van der Waals surface area contributed by atoms with Gasteiger partial charge in [0.05, 0.1) is 13.2 Å². The number of alkyl halides is 1. The molecule has 19 heavy (non-hydrogen) atoms. The third-order valence-corrected chi connectivity index (χ3v) is 3.39. The predicted octanol–water partition coefficient (Wildman–Crippen LogP) is 3.21. The van der Waals surface area contributed by atoms with Crippen LogP contribution in [0.15, 0.2) is 24.3 Å². The molecule has 0 radical (unpaired) electrons. The van der Waals surface area contributed by atoms with E-state index in [1.54, 1.807) is 0 Å². The summed E-state index contributed by atoms with van der Waals surface area (Å²) in [6.45, 7) is 4.57. The van der Waals surface area contributed by atoms with Gasteiger partial charge in [0.25, 0.3) is 0 Å². The molecule has 1 aromatic carbocycles. The Kier molecular flexibility index (Phi) is 6.70. The molecule has 0 aliphatic rings. The maximum Gasteiger partial charge on any atom is 0.321 e. The lowest BCUT2D eigenvalue weighted by molar-refractivity contribution is -0.139. The monoisotopic (exact) mass is 329 g/mol. The number of hydrogen-bond acceptors (Lipinski definition) is 4. The minimum absolute atomic E-state index is 0.189. The van der Waals surface area contributed by atoms with E-state index in [4.69, 9.17) is 4.74 Å². The first-order valence-electron chi connectivity index (χ1n) is 6.29. The van der Waals surface area contributed by atoms with Gasteiger partial charge in [-0.05, 0) is 25.5 Å². The summed E-state index contributed by atoms with van der Waals surface area (Å²) < 4.78 is 10.4. The van der Waals surface area contributed by atoms with Crippen molar-refractivity contribution in [3.8, 4) is 5.75 Å². The van der Waals surface area contributed by atoms with Gasteiger partial charge < -0.3 is 14.8 Å². The number of esters is 1. The topological polar surface area (TPSA) is 47.6 Å². The normalized spacial score (nSPS) is 13.5. The van der Waals surface area contributed by atoms with E-state index < -0.39 is 0 Å². The lowest BCUT2D eigenvalue weighted by atomic mass is 10.2. The lowest BCUT2D eigenvalue weighted by Gasteiger charge is -2.14. The smallest absolute Gasteiger partial charge is 0.321 e. The summed E-state index contributed by atoms with van der Waals surface area (Å²) in [5.74, 6) is 0.531. The summed E-state index contributed by atoms with van der Waals surface area (Å²) in [7, 11) is 1.37. The highest BCUT2D eigenvalue weighted by atomic mass is 79.9. The third-order valence-electron chi connectivity index (χ3n) is 2.69. The number of carbonyl (C=O) groups is 1. The number of halogens is 1. The highest BCUT2D eigenvalue weighted by Crippen LogP contribution is 2.19. The zero-order chi connectivity index (χ0) is 14.3. The van der Waals surface area contributed by atoms with Crippen LogP contribution in [0.1, 0.15) is 20.3 Å². The maximum absolute atomic E-state index is 11.3. The number of rotatable bonds is 7. The Hall–Kier alpha value is -1.23. The van der Waals surface area contributed by atoms with Crippen LogP contribution in [0.3, 0.4) is 0 Å². The Morgan fingerprint density at radius 2 is 2.21 bits per heavy atom. The van der Waals surface area contributed by atoms with E-state index in [0.717, 1.165) is 17.9 Å². The minimum atomic E-state index is -0.364. The van der Waals surface area contributed by atoms with E-state index in [1.165, 1.54) is 7.11 Å². The van der Waals surface area contributed by atoms with Crippen molar-refractivity contribution in [3.63, 3.8) is 0 Å². The van der Waals surface area contributed by atoms with Gasteiger partial charge in [-0.15, -0.1) is 0 Å². The van der Waals surface area contributed by atoms with Gasteiger partial charge in [-0.2, -0.15) is 0 Å². The molecule has 1 aromatic rings. The first kappa shape index (κ1) is 15.8. The molecule has 0 spiro atoms. The molecule has 2 unspecified atom stereocenters. The summed E-state index contributed by atoms with van der Waals surface area (Å²) in [5, 5.41) is 3.16. The molecule has 0 fully saturated rings. The molecule has 0 aliphatic heterocycles. The van der Waals surface area contributed by atoms with E-state index in [0.29, 0.717) is 6.54 Å². The molecule has 0 bridgehead atoms. The van der Waals surface area contributed by atoms with Gasteiger partial charge in [0.1, 0.15) is 10.6 Å². The quantitative estimate of drug-likeness (QED) is 0.616. The van der Waals surface area contributed by atoms with Gasteiger partial charge >= 0.3 is 5.97 Å². The highest BCUT2D eigenvalue weighted by Gasteiger charge is 2.14. The van der Waals surface area contributed by atoms with Gasteiger partial charge in [0.2, 0.25) is 0 Å². The van der Waals surface area contributed by atoms with Gasteiger partial charge in [-0.3, -0.25) is 4.79 Å². The second-order valence-electron chi connectivity index (χ2n) is 4.24. The molecular formula is C14H20BrNO3. The van der Waals surface area contributed by atoms with E-state index >= 15 is 0 Å². The highest BCUT2D eigenvalue weighted by molar-refractivity contribution is 9.10. The van der Waals surface area contributed by atoms with Crippen molar-refractivity contribution in [1.29, 1.82) is 0 Å². The van der Waals surface area contributed by atoms with Gasteiger partial charge in [-0.1, -0.05) is 28.9 Å². The molecule has 0 heterocycles. The van der Waals surface area contributed by atoms with Crippen molar-refractivity contribution in [2.45, 2.75) is 31.2 Å². The predicted molar refractivity (Wildman–Crippen MR) is 80.0 cm³/mol. The number of ether oxygens (including phenoxy) is 2. The van der Waals surface area contributed by atoms with Crippen LogP contribution in [-0.2, 0) is 9.53 Å². The number of hydrogen-bond donors (Lipinski definition) is 1. The molecule has 0 amide bonds. The number of benzene rings is 1. The Bertz CT molecular complexity index is 411. The first-order valence-corrected chi connectivity index (χ1v) is 7.20. The zero-order valence-corrected chi connectivity index (χ0v) is 13.1. The molecule has 0 aliphatic carbocycles. The van der Waals surface area contributed by atoms with Crippen LogP contribution in [0.5, 0.6) is 5.75 Å². The van der Waals surface area contributed by atoms with Crippen molar-refractivity contribution in [1.82, 2.24) is 0 Å². The van der Waals surface area contributed by atoms with E-state index in [2.05, 4.69) is 32.9 Å². The molecule has 5 heteroatoms. The van der Waals surface area contributed by atoms with Crippen molar-refractivity contribution in [3.05, 3.63) is 24.3 Å². The number of carbonyl (C=O) groups excluding carboxylic acids is 1. The van der Waals surface area contributed by atoms with Crippen molar-refractivity contribution in [2.24, 2.45) is 0 Å². The molecule has 106 valence electrons. The molecule has 1 N–H and O–H groups in total. The van der Waals surface area contributed by atoms with Crippen molar-refractivity contribution in [2.75, 3.05) is 19.0 Å². The van der Waals surface area contributed by atoms with E-state index in [9.17, 15) is 4.79 Å². The summed E-state index contributed by atoms with van der Waals surface area (Å²) in [6.07, 6.45) is 1.15. The Balaban J connectivity index is 2.55. The van der Waals surface area contributed by atoms with Crippen LogP contribution < -0.4 is 10.1 Å². The molecule has 4 nitrogen and oxygen atoms in total. The Labute approximate surface area is 122 Å². The van der Waals surface area contributed by atoms with Gasteiger partial charge in [-0.25, -0.2) is 0 Å². The van der Waals surface area contributed by atoms with E-state index in [-0.39, 0.29) is 16.9 Å². The zero-order valence-electron chi connectivity index (χ0n) is 11.5. The molecule has 1 rings (SSSR count). The molecule has 2 atom stereocenters. The van der Waals surface area contributed by atoms with Crippen LogP contribution >= 0.6 is 15.9 Å². The van der Waals surface area contributed by atoms with Crippen LogP contribution in [0, 0.1) is 0 Å². The summed E-state index contributed by atoms with van der Waals surface area (Å²) >= 11 is 3.26. The molecule has 0 aromatic heterocycles. The largest absolute Gasteiger partial charge is 0.491 e. The third kappa shape index (κ3) is 5.51. The van der Waals surface area contributed by atoms with Crippen LogP contribution in [-0.4, -0.2) is 30.6 Å². The number of methoxy groups -OCH3 is 1. The summed E-state index contributed by atoms with van der Waals surface area (Å²) in [4.78, 5) is 10.9. The second-order valence-corrected chi connectivity index (χ2v) is 5.34. The lowest BCUT2D eigenvalue weighted by Crippen LogP contribution is -2.24. The van der Waals surface area contributed by atoms with Crippen molar-refractivity contribution < 1.29 is 14.3 Å². The number of anilines is 1. The summed E-state index contributed by atoms with van der Waals surface area (Å²) in [6, 6.07) is 7.69. The minimum Gasteiger partial charge on any atom is -0.491 e.